The van der Waals surface area contributed by atoms with E-state index in [1.54, 1.807) is 36.0 Å². The summed E-state index contributed by atoms with van der Waals surface area (Å²) in [4.78, 5) is 35.3. The van der Waals surface area contributed by atoms with Gasteiger partial charge in [-0.05, 0) is 42.7 Å². The number of halogens is 1. The predicted molar refractivity (Wildman–Crippen MR) is 107 cm³/mol. The first-order chi connectivity index (χ1) is 12.9. The van der Waals surface area contributed by atoms with E-state index in [4.69, 9.17) is 11.6 Å². The third kappa shape index (κ3) is 6.26. The van der Waals surface area contributed by atoms with Gasteiger partial charge in [0, 0.05) is 28.4 Å². The van der Waals surface area contributed by atoms with E-state index in [-0.39, 0.29) is 17.2 Å². The second-order valence-electron chi connectivity index (χ2n) is 5.61. The largest absolute Gasteiger partial charge is 0.340 e. The van der Waals surface area contributed by atoms with Gasteiger partial charge >= 0.3 is 0 Å². The van der Waals surface area contributed by atoms with Gasteiger partial charge in [-0.3, -0.25) is 19.7 Å². The quantitative estimate of drug-likeness (QED) is 0.512. The van der Waals surface area contributed by atoms with E-state index in [2.05, 4.69) is 10.6 Å². The number of thioether (sulfide) groups is 1. The lowest BCUT2D eigenvalue weighted by atomic mass is 10.1. The van der Waals surface area contributed by atoms with Gasteiger partial charge in [-0.25, -0.2) is 0 Å². The first-order valence-corrected chi connectivity index (χ1v) is 9.78. The van der Waals surface area contributed by atoms with Crippen LogP contribution in [0.5, 0.6) is 0 Å². The minimum absolute atomic E-state index is 0.119. The smallest absolute Gasteiger partial charge is 0.270 e. The van der Waals surface area contributed by atoms with Gasteiger partial charge in [0.25, 0.3) is 11.6 Å². The van der Waals surface area contributed by atoms with Crippen LogP contribution in [-0.2, 0) is 4.79 Å². The van der Waals surface area contributed by atoms with E-state index >= 15 is 0 Å². The highest BCUT2D eigenvalue weighted by atomic mass is 35.5. The predicted octanol–water partition coefficient (Wildman–Crippen LogP) is 3.74. The molecule has 1 unspecified atom stereocenters. The molecule has 0 aliphatic heterocycles. The fraction of sp³-hybridized carbons (Fsp3) is 0.222. The molecule has 2 N–H and O–H groups in total. The molecule has 0 aliphatic carbocycles. The van der Waals surface area contributed by atoms with Gasteiger partial charge in [-0.15, -0.1) is 0 Å². The number of rotatable bonds is 8. The number of hydrogen-bond donors (Lipinski definition) is 2. The van der Waals surface area contributed by atoms with Crippen molar-refractivity contribution < 1.29 is 14.5 Å². The van der Waals surface area contributed by atoms with Gasteiger partial charge in [0.2, 0.25) is 5.91 Å². The van der Waals surface area contributed by atoms with E-state index < -0.39 is 16.9 Å². The van der Waals surface area contributed by atoms with E-state index in [1.165, 1.54) is 24.3 Å². The minimum atomic E-state index is -0.789. The zero-order valence-electron chi connectivity index (χ0n) is 14.5. The minimum Gasteiger partial charge on any atom is -0.340 e. The highest BCUT2D eigenvalue weighted by Gasteiger charge is 2.22. The molecule has 0 bridgehead atoms. The fourth-order valence-corrected chi connectivity index (χ4v) is 2.96. The van der Waals surface area contributed by atoms with Crippen LogP contribution in [0.4, 0.5) is 11.4 Å². The molecule has 1 atom stereocenters. The Labute approximate surface area is 165 Å². The first kappa shape index (κ1) is 20.7. The maximum Gasteiger partial charge on any atom is 0.270 e. The van der Waals surface area contributed by atoms with Crippen LogP contribution in [-0.4, -0.2) is 34.8 Å². The summed E-state index contributed by atoms with van der Waals surface area (Å²) in [7, 11) is 0. The molecule has 0 saturated carbocycles. The fourth-order valence-electron chi connectivity index (χ4n) is 2.30. The van der Waals surface area contributed by atoms with Crippen molar-refractivity contribution in [2.45, 2.75) is 12.5 Å². The lowest BCUT2D eigenvalue weighted by molar-refractivity contribution is -0.384. The van der Waals surface area contributed by atoms with Crippen LogP contribution in [0.3, 0.4) is 0 Å². The summed E-state index contributed by atoms with van der Waals surface area (Å²) in [5.41, 5.74) is 0.451. The summed E-state index contributed by atoms with van der Waals surface area (Å²) in [6.07, 6.45) is 2.31. The third-order valence-electron chi connectivity index (χ3n) is 3.64. The topological polar surface area (TPSA) is 101 Å². The standard InChI is InChI=1S/C18H18ClN3O4S/c1-27-9-8-16(18(24)20-14-6-3-5-13(19)11-14)21-17(23)12-4-2-7-15(10-12)22(25)26/h2-7,10-11,16H,8-9H2,1H3,(H,20,24)(H,21,23). The van der Waals surface area contributed by atoms with Gasteiger partial charge in [-0.1, -0.05) is 23.7 Å². The number of nitro groups is 1. The van der Waals surface area contributed by atoms with Crippen molar-refractivity contribution in [2.24, 2.45) is 0 Å². The Hall–Kier alpha value is -2.58. The molecule has 2 amide bonds. The molecule has 0 spiro atoms. The number of anilines is 1. The number of carbonyl (C=O) groups is 2. The molecule has 0 aliphatic rings. The first-order valence-electron chi connectivity index (χ1n) is 8.01. The maximum atomic E-state index is 12.6. The van der Waals surface area contributed by atoms with Crippen molar-refractivity contribution >= 4 is 46.6 Å². The monoisotopic (exact) mass is 407 g/mol. The van der Waals surface area contributed by atoms with Crippen molar-refractivity contribution in [1.29, 1.82) is 0 Å². The van der Waals surface area contributed by atoms with Gasteiger partial charge < -0.3 is 10.6 Å². The van der Waals surface area contributed by atoms with E-state index in [9.17, 15) is 19.7 Å². The van der Waals surface area contributed by atoms with Crippen molar-refractivity contribution in [3.63, 3.8) is 0 Å². The number of hydrogen-bond acceptors (Lipinski definition) is 5. The van der Waals surface area contributed by atoms with Crippen LogP contribution >= 0.6 is 23.4 Å². The Bertz CT molecular complexity index is 847. The Morgan fingerprint density at radius 2 is 1.96 bits per heavy atom. The SMILES string of the molecule is CSCCC(NC(=O)c1cccc([N+](=O)[O-])c1)C(=O)Nc1cccc(Cl)c1. The number of non-ortho nitro benzene ring substituents is 1. The summed E-state index contributed by atoms with van der Waals surface area (Å²) in [5.74, 6) is -0.279. The molecule has 2 aromatic carbocycles. The normalized spacial score (nSPS) is 11.5. The van der Waals surface area contributed by atoms with Crippen LogP contribution in [0, 0.1) is 10.1 Å². The molecule has 0 heterocycles. The molecular formula is C18H18ClN3O4S. The summed E-state index contributed by atoms with van der Waals surface area (Å²) in [6.45, 7) is 0. The van der Waals surface area contributed by atoms with E-state index in [1.807, 2.05) is 6.26 Å². The second kappa shape index (κ2) is 9.94. The molecule has 0 saturated heterocycles. The van der Waals surface area contributed by atoms with Crippen molar-refractivity contribution in [1.82, 2.24) is 5.32 Å². The summed E-state index contributed by atoms with van der Waals surface area (Å²) in [6, 6.07) is 11.3. The number of nitro benzene ring substituents is 1. The molecule has 27 heavy (non-hydrogen) atoms. The average Bonchev–Trinajstić information content (AvgIpc) is 2.65. The van der Waals surface area contributed by atoms with Crippen molar-refractivity contribution in [2.75, 3.05) is 17.3 Å². The molecule has 2 rings (SSSR count). The number of carbonyl (C=O) groups excluding carboxylic acids is 2. The van der Waals surface area contributed by atoms with Crippen LogP contribution in [0.1, 0.15) is 16.8 Å². The van der Waals surface area contributed by atoms with Crippen molar-refractivity contribution in [3.8, 4) is 0 Å². The zero-order chi connectivity index (χ0) is 19.8. The van der Waals surface area contributed by atoms with Gasteiger partial charge in [0.15, 0.2) is 0 Å². The maximum absolute atomic E-state index is 12.6. The number of nitrogens with one attached hydrogen (secondary N) is 2. The van der Waals surface area contributed by atoms with Crippen LogP contribution in [0.25, 0.3) is 0 Å². The Kier molecular flexibility index (Phi) is 7.63. The number of nitrogens with zero attached hydrogens (tertiary/aromatic N) is 1. The van der Waals surface area contributed by atoms with Crippen LogP contribution < -0.4 is 10.6 Å². The lowest BCUT2D eigenvalue weighted by Gasteiger charge is -2.18. The van der Waals surface area contributed by atoms with E-state index in [0.717, 1.165) is 0 Å². The third-order valence-corrected chi connectivity index (χ3v) is 4.52. The van der Waals surface area contributed by atoms with Gasteiger partial charge in [-0.2, -0.15) is 11.8 Å². The average molecular weight is 408 g/mol. The summed E-state index contributed by atoms with van der Waals surface area (Å²) >= 11 is 7.46. The highest BCUT2D eigenvalue weighted by molar-refractivity contribution is 7.98. The Balaban J connectivity index is 2.13. The van der Waals surface area contributed by atoms with Gasteiger partial charge in [0.05, 0.1) is 4.92 Å². The lowest BCUT2D eigenvalue weighted by Crippen LogP contribution is -2.44. The molecule has 0 aromatic heterocycles. The van der Waals surface area contributed by atoms with Gasteiger partial charge in [0.1, 0.15) is 6.04 Å². The molecule has 9 heteroatoms. The Morgan fingerprint density at radius 1 is 1.22 bits per heavy atom. The van der Waals surface area contributed by atoms with Crippen LogP contribution in [0.15, 0.2) is 48.5 Å². The second-order valence-corrected chi connectivity index (χ2v) is 7.04. The number of amides is 2. The highest BCUT2D eigenvalue weighted by Crippen LogP contribution is 2.16. The zero-order valence-corrected chi connectivity index (χ0v) is 16.0. The van der Waals surface area contributed by atoms with E-state index in [0.29, 0.717) is 22.9 Å². The molecule has 2 aromatic rings. The summed E-state index contributed by atoms with van der Waals surface area (Å²) < 4.78 is 0. The van der Waals surface area contributed by atoms with Crippen LogP contribution in [0.2, 0.25) is 5.02 Å². The molecule has 7 nitrogen and oxygen atoms in total. The number of benzene rings is 2. The molecule has 142 valence electrons. The molecular weight excluding hydrogens is 390 g/mol. The van der Waals surface area contributed by atoms with Crippen molar-refractivity contribution in [3.05, 3.63) is 69.2 Å². The Morgan fingerprint density at radius 3 is 2.63 bits per heavy atom. The summed E-state index contributed by atoms with van der Waals surface area (Å²) in [5, 5.41) is 16.7. The molecule has 0 fully saturated rings. The molecule has 0 radical (unpaired) electrons.